The van der Waals surface area contributed by atoms with E-state index >= 15 is 0 Å². The van der Waals surface area contributed by atoms with Gasteiger partial charge in [0, 0.05) is 5.56 Å². The number of ether oxygens (including phenoxy) is 1. The number of nitrogens with one attached hydrogen (secondary N) is 1. The summed E-state index contributed by atoms with van der Waals surface area (Å²) in [4.78, 5) is 14.9. The summed E-state index contributed by atoms with van der Waals surface area (Å²) in [7, 11) is 1.61. The minimum Gasteiger partial charge on any atom is -0.497 e. The summed E-state index contributed by atoms with van der Waals surface area (Å²) in [6.07, 6.45) is 0. The van der Waals surface area contributed by atoms with Crippen molar-refractivity contribution in [3.63, 3.8) is 0 Å². The van der Waals surface area contributed by atoms with Crippen LogP contribution in [0.15, 0.2) is 65.5 Å². The van der Waals surface area contributed by atoms with Gasteiger partial charge in [-0.15, -0.1) is 0 Å². The molecule has 0 radical (unpaired) electrons. The van der Waals surface area contributed by atoms with E-state index in [0.29, 0.717) is 5.69 Å². The molecule has 4 heteroatoms. The SMILES string of the molecule is COc1ccc(-c2[nH]c(=O)c(C#N)cc2-c2ccccc2)cc1. The first-order chi connectivity index (χ1) is 11.2. The van der Waals surface area contributed by atoms with E-state index in [0.717, 1.165) is 22.4 Å². The number of rotatable bonds is 3. The Hall–Kier alpha value is -3.32. The topological polar surface area (TPSA) is 65.9 Å². The number of nitriles is 1. The Labute approximate surface area is 133 Å². The van der Waals surface area contributed by atoms with Gasteiger partial charge in [0.1, 0.15) is 17.4 Å². The molecule has 23 heavy (non-hydrogen) atoms. The first-order valence-corrected chi connectivity index (χ1v) is 7.10. The zero-order valence-corrected chi connectivity index (χ0v) is 12.5. The predicted molar refractivity (Wildman–Crippen MR) is 89.2 cm³/mol. The normalized spacial score (nSPS) is 10.1. The molecule has 0 amide bonds. The van der Waals surface area contributed by atoms with Crippen LogP contribution in [0.25, 0.3) is 22.4 Å². The second kappa shape index (κ2) is 6.20. The largest absolute Gasteiger partial charge is 0.497 e. The number of H-pyrrole nitrogens is 1. The number of methoxy groups -OCH3 is 1. The number of pyridine rings is 1. The van der Waals surface area contributed by atoms with Gasteiger partial charge >= 0.3 is 0 Å². The highest BCUT2D eigenvalue weighted by Crippen LogP contribution is 2.30. The number of aromatic nitrogens is 1. The smallest absolute Gasteiger partial charge is 0.266 e. The number of nitrogens with zero attached hydrogens (tertiary/aromatic N) is 1. The molecule has 0 aliphatic rings. The highest BCUT2D eigenvalue weighted by Gasteiger charge is 2.12. The second-order valence-corrected chi connectivity index (χ2v) is 5.01. The monoisotopic (exact) mass is 302 g/mol. The quantitative estimate of drug-likeness (QED) is 0.804. The van der Waals surface area contributed by atoms with Crippen LogP contribution in [0.3, 0.4) is 0 Å². The Morgan fingerprint density at radius 2 is 1.70 bits per heavy atom. The molecule has 0 bridgehead atoms. The second-order valence-electron chi connectivity index (χ2n) is 5.01. The molecular weight excluding hydrogens is 288 g/mol. The van der Waals surface area contributed by atoms with Crippen LogP contribution in [-0.4, -0.2) is 12.1 Å². The lowest BCUT2D eigenvalue weighted by Crippen LogP contribution is -2.11. The third kappa shape index (κ3) is 2.85. The maximum absolute atomic E-state index is 12.0. The van der Waals surface area contributed by atoms with E-state index in [2.05, 4.69) is 4.98 Å². The van der Waals surface area contributed by atoms with Gasteiger partial charge in [0.05, 0.1) is 12.8 Å². The minimum atomic E-state index is -0.391. The van der Waals surface area contributed by atoms with Crippen molar-refractivity contribution in [3.8, 4) is 34.2 Å². The van der Waals surface area contributed by atoms with Crippen molar-refractivity contribution in [1.29, 1.82) is 5.26 Å². The van der Waals surface area contributed by atoms with Gasteiger partial charge < -0.3 is 9.72 Å². The summed E-state index contributed by atoms with van der Waals surface area (Å²) in [5.74, 6) is 0.742. The lowest BCUT2D eigenvalue weighted by molar-refractivity contribution is 0.415. The van der Waals surface area contributed by atoms with E-state index in [1.807, 2.05) is 60.7 Å². The van der Waals surface area contributed by atoms with E-state index in [4.69, 9.17) is 10.00 Å². The van der Waals surface area contributed by atoms with Crippen LogP contribution >= 0.6 is 0 Å². The molecule has 0 saturated carbocycles. The molecule has 0 atom stereocenters. The molecule has 1 heterocycles. The first kappa shape index (κ1) is 14.6. The Morgan fingerprint density at radius 1 is 1.00 bits per heavy atom. The Kier molecular flexibility index (Phi) is 3.94. The fourth-order valence-electron chi connectivity index (χ4n) is 2.44. The zero-order chi connectivity index (χ0) is 16.2. The van der Waals surface area contributed by atoms with E-state index in [1.54, 1.807) is 13.2 Å². The van der Waals surface area contributed by atoms with Gasteiger partial charge in [0.2, 0.25) is 0 Å². The van der Waals surface area contributed by atoms with Gasteiger partial charge in [-0.2, -0.15) is 5.26 Å². The molecule has 2 aromatic carbocycles. The van der Waals surface area contributed by atoms with Crippen molar-refractivity contribution < 1.29 is 4.74 Å². The van der Waals surface area contributed by atoms with Crippen LogP contribution in [0.4, 0.5) is 0 Å². The zero-order valence-electron chi connectivity index (χ0n) is 12.5. The lowest BCUT2D eigenvalue weighted by atomic mass is 9.98. The fraction of sp³-hybridized carbons (Fsp3) is 0.0526. The third-order valence-electron chi connectivity index (χ3n) is 3.63. The summed E-state index contributed by atoms with van der Waals surface area (Å²) in [5, 5.41) is 9.13. The molecule has 0 unspecified atom stereocenters. The molecule has 0 spiro atoms. The molecule has 3 rings (SSSR count). The van der Waals surface area contributed by atoms with Crippen LogP contribution < -0.4 is 10.3 Å². The average Bonchev–Trinajstić information content (AvgIpc) is 2.62. The molecule has 0 aliphatic heterocycles. The van der Waals surface area contributed by atoms with Crippen LogP contribution in [0, 0.1) is 11.3 Å². The van der Waals surface area contributed by atoms with Crippen LogP contribution in [0.5, 0.6) is 5.75 Å². The Balaban J connectivity index is 2.24. The van der Waals surface area contributed by atoms with Crippen LogP contribution in [-0.2, 0) is 0 Å². The van der Waals surface area contributed by atoms with Gasteiger partial charge in [-0.1, -0.05) is 30.3 Å². The van der Waals surface area contributed by atoms with E-state index < -0.39 is 5.56 Å². The van der Waals surface area contributed by atoms with Crippen molar-refractivity contribution in [2.24, 2.45) is 0 Å². The number of hydrogen-bond acceptors (Lipinski definition) is 3. The Bertz CT molecular complexity index is 920. The highest BCUT2D eigenvalue weighted by molar-refractivity contribution is 5.81. The summed E-state index contributed by atoms with van der Waals surface area (Å²) in [6.45, 7) is 0. The van der Waals surface area contributed by atoms with E-state index in [1.165, 1.54) is 0 Å². The molecule has 112 valence electrons. The standard InChI is InChI=1S/C19H14N2O2/c1-23-16-9-7-14(8-10-16)18-17(13-5-3-2-4-6-13)11-15(12-20)19(22)21-18/h2-11H,1H3,(H,21,22). The summed E-state index contributed by atoms with van der Waals surface area (Å²) in [6, 6.07) is 20.7. The van der Waals surface area contributed by atoms with Crippen molar-refractivity contribution >= 4 is 0 Å². The first-order valence-electron chi connectivity index (χ1n) is 7.10. The number of benzene rings is 2. The minimum absolute atomic E-state index is 0.0983. The van der Waals surface area contributed by atoms with Crippen LogP contribution in [0.2, 0.25) is 0 Å². The molecule has 0 aliphatic carbocycles. The van der Waals surface area contributed by atoms with Gasteiger partial charge in [0.25, 0.3) is 5.56 Å². The molecule has 1 N–H and O–H groups in total. The van der Waals surface area contributed by atoms with Crippen molar-refractivity contribution in [1.82, 2.24) is 4.98 Å². The summed E-state index contributed by atoms with van der Waals surface area (Å²) < 4.78 is 5.17. The van der Waals surface area contributed by atoms with Crippen molar-refractivity contribution in [2.45, 2.75) is 0 Å². The molecule has 4 nitrogen and oxygen atoms in total. The highest BCUT2D eigenvalue weighted by atomic mass is 16.5. The van der Waals surface area contributed by atoms with E-state index in [9.17, 15) is 4.79 Å². The maximum atomic E-state index is 12.0. The fourth-order valence-corrected chi connectivity index (χ4v) is 2.44. The predicted octanol–water partition coefficient (Wildman–Crippen LogP) is 3.59. The summed E-state index contributed by atoms with van der Waals surface area (Å²) in [5.41, 5.74) is 2.99. The Morgan fingerprint density at radius 3 is 2.30 bits per heavy atom. The molecule has 0 saturated heterocycles. The summed E-state index contributed by atoms with van der Waals surface area (Å²) >= 11 is 0. The maximum Gasteiger partial charge on any atom is 0.266 e. The average molecular weight is 302 g/mol. The van der Waals surface area contributed by atoms with E-state index in [-0.39, 0.29) is 5.56 Å². The molecule has 0 fully saturated rings. The van der Waals surface area contributed by atoms with Crippen molar-refractivity contribution in [2.75, 3.05) is 7.11 Å². The molecular formula is C19H14N2O2. The van der Waals surface area contributed by atoms with Gasteiger partial charge in [-0.25, -0.2) is 0 Å². The molecule has 3 aromatic rings. The van der Waals surface area contributed by atoms with Crippen molar-refractivity contribution in [3.05, 3.63) is 76.6 Å². The molecule has 1 aromatic heterocycles. The third-order valence-corrected chi connectivity index (χ3v) is 3.63. The number of aromatic amines is 1. The lowest BCUT2D eigenvalue weighted by Gasteiger charge is -2.11. The van der Waals surface area contributed by atoms with Crippen LogP contribution in [0.1, 0.15) is 5.56 Å². The van der Waals surface area contributed by atoms with Gasteiger partial charge in [-0.3, -0.25) is 4.79 Å². The van der Waals surface area contributed by atoms with Gasteiger partial charge in [-0.05, 0) is 41.5 Å². The van der Waals surface area contributed by atoms with Gasteiger partial charge in [0.15, 0.2) is 0 Å². The number of hydrogen-bond donors (Lipinski definition) is 1.